The zero-order valence-electron chi connectivity index (χ0n) is 13.7. The summed E-state index contributed by atoms with van der Waals surface area (Å²) >= 11 is 0. The van der Waals surface area contributed by atoms with Crippen LogP contribution in [0.5, 0.6) is 5.75 Å². The molecule has 0 aromatic heterocycles. The van der Waals surface area contributed by atoms with Crippen LogP contribution in [0.4, 0.5) is 0 Å². The summed E-state index contributed by atoms with van der Waals surface area (Å²) in [6.07, 6.45) is 3.08. The Kier molecular flexibility index (Phi) is 5.31. The molecule has 0 amide bonds. The number of benzene rings is 2. The molecule has 2 aromatic rings. The smallest absolute Gasteiger partial charge is 0.119 e. The standard InChI is InChI=1S/C20H25NO2/c1-21(13-16-6-3-2-4-7-16)14-19(22)15-23-20-11-10-17-8-5-9-18(17)12-20/h2-4,6-7,10-12,19,22H,5,8-9,13-15H2,1H3/t19-/m0/s1. The average Bonchev–Trinajstić information content (AvgIpc) is 3.01. The summed E-state index contributed by atoms with van der Waals surface area (Å²) in [7, 11) is 2.02. The van der Waals surface area contributed by atoms with Crippen molar-refractivity contribution < 1.29 is 9.84 Å². The number of aryl methyl sites for hydroxylation is 2. The molecule has 0 bridgehead atoms. The molecule has 0 saturated carbocycles. The summed E-state index contributed by atoms with van der Waals surface area (Å²) in [5.41, 5.74) is 4.10. The van der Waals surface area contributed by atoms with Gasteiger partial charge in [0.15, 0.2) is 0 Å². The number of hydrogen-bond acceptors (Lipinski definition) is 3. The molecule has 2 aromatic carbocycles. The largest absolute Gasteiger partial charge is 0.491 e. The van der Waals surface area contributed by atoms with Crippen LogP contribution in [-0.2, 0) is 19.4 Å². The van der Waals surface area contributed by atoms with Crippen molar-refractivity contribution >= 4 is 0 Å². The Bertz CT molecular complexity index is 627. The first-order chi connectivity index (χ1) is 11.2. The van der Waals surface area contributed by atoms with Crippen LogP contribution in [0, 0.1) is 0 Å². The highest BCUT2D eigenvalue weighted by atomic mass is 16.5. The highest BCUT2D eigenvalue weighted by Crippen LogP contribution is 2.26. The molecule has 0 spiro atoms. The van der Waals surface area contributed by atoms with Crippen LogP contribution < -0.4 is 4.74 Å². The van der Waals surface area contributed by atoms with Crippen molar-refractivity contribution in [3.63, 3.8) is 0 Å². The van der Waals surface area contributed by atoms with Gasteiger partial charge in [0, 0.05) is 13.1 Å². The molecule has 1 atom stereocenters. The highest BCUT2D eigenvalue weighted by molar-refractivity contribution is 5.38. The van der Waals surface area contributed by atoms with E-state index in [4.69, 9.17) is 4.74 Å². The van der Waals surface area contributed by atoms with E-state index in [1.54, 1.807) is 0 Å². The first-order valence-corrected chi connectivity index (χ1v) is 8.36. The van der Waals surface area contributed by atoms with Gasteiger partial charge in [0.05, 0.1) is 0 Å². The van der Waals surface area contributed by atoms with Gasteiger partial charge in [-0.1, -0.05) is 36.4 Å². The SMILES string of the molecule is CN(Cc1ccccc1)C[C@H](O)COc1ccc2c(c1)CCC2. The number of rotatable bonds is 7. The first-order valence-electron chi connectivity index (χ1n) is 8.36. The maximum Gasteiger partial charge on any atom is 0.119 e. The molecule has 3 rings (SSSR count). The zero-order valence-corrected chi connectivity index (χ0v) is 13.7. The van der Waals surface area contributed by atoms with E-state index < -0.39 is 6.10 Å². The van der Waals surface area contributed by atoms with Gasteiger partial charge in [0.2, 0.25) is 0 Å². The Morgan fingerprint density at radius 3 is 2.70 bits per heavy atom. The van der Waals surface area contributed by atoms with Crippen LogP contribution in [0.15, 0.2) is 48.5 Å². The number of ether oxygens (including phenoxy) is 1. The van der Waals surface area contributed by atoms with Crippen molar-refractivity contribution in [1.82, 2.24) is 4.90 Å². The molecular formula is C20H25NO2. The maximum absolute atomic E-state index is 10.2. The lowest BCUT2D eigenvalue weighted by molar-refractivity contribution is 0.0743. The van der Waals surface area contributed by atoms with Gasteiger partial charge in [0.25, 0.3) is 0 Å². The first kappa shape index (κ1) is 16.0. The fraction of sp³-hybridized carbons (Fsp3) is 0.400. The molecule has 23 heavy (non-hydrogen) atoms. The van der Waals surface area contributed by atoms with Crippen LogP contribution >= 0.6 is 0 Å². The number of fused-ring (bicyclic) bond motifs is 1. The van der Waals surface area contributed by atoms with Crippen LogP contribution in [-0.4, -0.2) is 36.3 Å². The normalized spacial score (nSPS) is 14.7. The summed E-state index contributed by atoms with van der Waals surface area (Å²) in [5.74, 6) is 0.871. The lowest BCUT2D eigenvalue weighted by Crippen LogP contribution is -2.32. The minimum Gasteiger partial charge on any atom is -0.491 e. The van der Waals surface area contributed by atoms with Gasteiger partial charge in [0.1, 0.15) is 18.5 Å². The molecule has 0 aliphatic heterocycles. The van der Waals surface area contributed by atoms with Gasteiger partial charge < -0.3 is 9.84 Å². The zero-order chi connectivity index (χ0) is 16.1. The molecule has 0 saturated heterocycles. The maximum atomic E-state index is 10.2. The Balaban J connectivity index is 1.45. The number of nitrogens with zero attached hydrogens (tertiary/aromatic N) is 1. The minimum atomic E-state index is -0.489. The summed E-state index contributed by atoms with van der Waals surface area (Å²) in [4.78, 5) is 2.12. The van der Waals surface area contributed by atoms with Crippen molar-refractivity contribution in [2.45, 2.75) is 31.9 Å². The number of aliphatic hydroxyl groups is 1. The van der Waals surface area contributed by atoms with Crippen molar-refractivity contribution in [1.29, 1.82) is 0 Å². The molecule has 3 heteroatoms. The summed E-state index contributed by atoms with van der Waals surface area (Å²) < 4.78 is 5.77. The molecule has 1 N–H and O–H groups in total. The minimum absolute atomic E-state index is 0.331. The van der Waals surface area contributed by atoms with E-state index in [1.165, 1.54) is 29.5 Å². The molecule has 0 unspecified atom stereocenters. The lowest BCUT2D eigenvalue weighted by Gasteiger charge is -2.21. The van der Waals surface area contributed by atoms with Crippen molar-refractivity contribution in [3.8, 4) is 5.75 Å². The number of hydrogen-bond donors (Lipinski definition) is 1. The van der Waals surface area contributed by atoms with E-state index in [1.807, 2.05) is 31.3 Å². The Morgan fingerprint density at radius 1 is 1.09 bits per heavy atom. The van der Waals surface area contributed by atoms with E-state index in [9.17, 15) is 5.11 Å². The molecule has 3 nitrogen and oxygen atoms in total. The number of likely N-dealkylation sites (N-methyl/N-ethyl adjacent to an activating group) is 1. The fourth-order valence-corrected chi connectivity index (χ4v) is 3.20. The van der Waals surface area contributed by atoms with E-state index in [-0.39, 0.29) is 0 Å². The molecule has 1 aliphatic carbocycles. The topological polar surface area (TPSA) is 32.7 Å². The van der Waals surface area contributed by atoms with Crippen molar-refractivity contribution in [2.24, 2.45) is 0 Å². The molecule has 0 heterocycles. The predicted octanol–water partition coefficient (Wildman–Crippen LogP) is 3.05. The molecular weight excluding hydrogens is 286 g/mol. The van der Waals surface area contributed by atoms with Gasteiger partial charge in [-0.2, -0.15) is 0 Å². The monoisotopic (exact) mass is 311 g/mol. The average molecular weight is 311 g/mol. The molecule has 0 fully saturated rings. The third-order valence-electron chi connectivity index (χ3n) is 4.33. The Labute approximate surface area is 138 Å². The van der Waals surface area contributed by atoms with Gasteiger partial charge in [-0.25, -0.2) is 0 Å². The van der Waals surface area contributed by atoms with E-state index in [2.05, 4.69) is 29.2 Å². The van der Waals surface area contributed by atoms with Crippen LogP contribution in [0.2, 0.25) is 0 Å². The van der Waals surface area contributed by atoms with Gasteiger partial charge in [-0.3, -0.25) is 4.90 Å². The second-order valence-corrected chi connectivity index (χ2v) is 6.43. The highest BCUT2D eigenvalue weighted by Gasteiger charge is 2.13. The lowest BCUT2D eigenvalue weighted by atomic mass is 10.1. The quantitative estimate of drug-likeness (QED) is 0.853. The Morgan fingerprint density at radius 2 is 1.87 bits per heavy atom. The number of aliphatic hydroxyl groups excluding tert-OH is 1. The molecule has 0 radical (unpaired) electrons. The fourth-order valence-electron chi connectivity index (χ4n) is 3.20. The van der Waals surface area contributed by atoms with Crippen LogP contribution in [0.25, 0.3) is 0 Å². The molecule has 1 aliphatic rings. The van der Waals surface area contributed by atoms with Gasteiger partial charge >= 0.3 is 0 Å². The Hall–Kier alpha value is -1.84. The van der Waals surface area contributed by atoms with Crippen molar-refractivity contribution in [2.75, 3.05) is 20.2 Å². The third kappa shape index (κ3) is 4.57. The summed E-state index contributed by atoms with van der Waals surface area (Å²) in [6, 6.07) is 16.6. The summed E-state index contributed by atoms with van der Waals surface area (Å²) in [6.45, 7) is 1.76. The third-order valence-corrected chi connectivity index (χ3v) is 4.33. The second kappa shape index (κ2) is 7.62. The van der Waals surface area contributed by atoms with Gasteiger partial charge in [-0.05, 0) is 55.1 Å². The predicted molar refractivity (Wildman–Crippen MR) is 92.7 cm³/mol. The van der Waals surface area contributed by atoms with E-state index >= 15 is 0 Å². The van der Waals surface area contributed by atoms with Crippen molar-refractivity contribution in [3.05, 3.63) is 65.2 Å². The van der Waals surface area contributed by atoms with E-state index in [0.717, 1.165) is 18.7 Å². The van der Waals surface area contributed by atoms with E-state index in [0.29, 0.717) is 13.2 Å². The molecule has 122 valence electrons. The summed E-state index contributed by atoms with van der Waals surface area (Å²) in [5, 5.41) is 10.2. The second-order valence-electron chi connectivity index (χ2n) is 6.43. The van der Waals surface area contributed by atoms with Crippen LogP contribution in [0.3, 0.4) is 0 Å². The van der Waals surface area contributed by atoms with Gasteiger partial charge in [-0.15, -0.1) is 0 Å². The van der Waals surface area contributed by atoms with Crippen LogP contribution in [0.1, 0.15) is 23.1 Å².